The lowest BCUT2D eigenvalue weighted by molar-refractivity contribution is 0.280. The van der Waals surface area contributed by atoms with Crippen LogP contribution in [0.4, 0.5) is 132 Å². The molecule has 0 radical (unpaired) electrons. The van der Waals surface area contributed by atoms with Crippen LogP contribution in [0.5, 0.6) is 46.0 Å². The Morgan fingerprint density at radius 3 is 0.617 bits per heavy atom. The van der Waals surface area contributed by atoms with Crippen molar-refractivity contribution in [2.45, 2.75) is 20.8 Å². The van der Waals surface area contributed by atoms with Crippen LogP contribution in [0.15, 0.2) is 188 Å². The number of rotatable bonds is 20. The molecule has 0 atom stereocenters. The average Bonchev–Trinajstić information content (AvgIpc) is 0.692. The number of aromatic hydroxyl groups is 4. The lowest BCUT2D eigenvalue weighted by Gasteiger charge is -2.23. The van der Waals surface area contributed by atoms with Gasteiger partial charge in [0.2, 0.25) is 34.9 Å². The number of benzene rings is 16. The minimum absolute atomic E-state index is 0.00186. The first-order valence-corrected chi connectivity index (χ1v) is 41.4. The molecule has 0 heterocycles. The Morgan fingerprint density at radius 1 is 0.154 bits per heavy atom. The number of phenols is 4. The number of hydrogen-bond acceptors (Lipinski definition) is 16. The Bertz CT molecular complexity index is 7740. The molecule has 0 aromatic heterocycles. The fraction of sp³-hybridized carbons (Fsp3) is 0.0303. The van der Waals surface area contributed by atoms with E-state index in [4.69, 9.17) is 19.4 Å². The Labute approximate surface area is 816 Å². The van der Waals surface area contributed by atoms with Crippen molar-refractivity contribution < 1.29 is 211 Å². The molecule has 0 saturated carbocycles. The average molecular weight is 2110 g/mol. The predicted octanol–water partition coefficient (Wildman–Crippen LogP) is 24.1. The van der Waals surface area contributed by atoms with Crippen molar-refractivity contribution >= 4 is 29.3 Å². The van der Waals surface area contributed by atoms with E-state index in [9.17, 15) is 174 Å². The Kier molecular flexibility index (Phi) is 32.6. The van der Waals surface area contributed by atoms with Crippen LogP contribution in [-0.2, 0) is 0 Å². The molecule has 0 aliphatic carbocycles. The maximum absolute atomic E-state index is 15.1. The molecular weight excluding hydrogens is 2060 g/mol. The summed E-state index contributed by atoms with van der Waals surface area (Å²) >= 11 is 0. The molecule has 16 aromatic rings. The van der Waals surface area contributed by atoms with Gasteiger partial charge in [-0.05, 0) is 89.5 Å². The molecule has 0 aliphatic heterocycles. The Morgan fingerprint density at radius 2 is 0.336 bits per heavy atom. The van der Waals surface area contributed by atoms with Crippen molar-refractivity contribution in [2.24, 2.45) is 0 Å². The molecule has 16 aromatic carbocycles. The molecule has 16 rings (SSSR count). The third-order valence-electron chi connectivity index (χ3n) is 22.0. The normalized spacial score (nSPS) is 11.1. The molecule has 0 fully saturated rings. The van der Waals surface area contributed by atoms with E-state index in [2.05, 4.69) is 9.31 Å². The van der Waals surface area contributed by atoms with Gasteiger partial charge in [-0.15, -0.1) is 0 Å². The molecule has 0 aliphatic rings. The molecule has 50 heteroatoms. The van der Waals surface area contributed by atoms with Gasteiger partial charge in [0.05, 0.1) is 33.4 Å². The van der Waals surface area contributed by atoms with Gasteiger partial charge < -0.3 is 79.2 Å². The van der Waals surface area contributed by atoms with Gasteiger partial charge in [0.25, 0.3) is 0 Å². The number of aryl methyl sites for hydroxylation is 3. The van der Waals surface area contributed by atoms with Gasteiger partial charge in [-0.2, -0.15) is 0 Å². The first-order chi connectivity index (χ1) is 70.2. The van der Waals surface area contributed by atoms with Crippen LogP contribution in [0.1, 0.15) is 16.7 Å². The van der Waals surface area contributed by atoms with Gasteiger partial charge in [-0.25, -0.2) is 132 Å². The fourth-order valence-corrected chi connectivity index (χ4v) is 15.4. The second-order valence-corrected chi connectivity index (χ2v) is 31.2. The van der Waals surface area contributed by atoms with Crippen molar-refractivity contribution in [2.75, 3.05) is 0 Å². The summed E-state index contributed by atoms with van der Waals surface area (Å²) in [4.78, 5) is 0. The lowest BCUT2D eigenvalue weighted by atomic mass is 9.84. The minimum Gasteiger partial charge on any atom is -0.511 e. The van der Waals surface area contributed by atoms with Crippen molar-refractivity contribution in [1.29, 1.82) is 0 Å². The van der Waals surface area contributed by atoms with Gasteiger partial charge in [0.1, 0.15) is 28.7 Å². The Hall–Kier alpha value is -16.2. The summed E-state index contributed by atoms with van der Waals surface area (Å²) in [5.74, 6) is -96.8. The highest BCUT2D eigenvalue weighted by Gasteiger charge is 2.44. The molecule has 0 spiro atoms. The zero-order valence-corrected chi connectivity index (χ0v) is 74.0. The van der Waals surface area contributed by atoms with E-state index in [1.807, 2.05) is 185 Å². The molecule has 16 nitrogen and oxygen atoms in total. The van der Waals surface area contributed by atoms with E-state index in [-0.39, 0.29) is 35.1 Å². The summed E-state index contributed by atoms with van der Waals surface area (Å²) in [5.41, 5.74) is -15.0. The first-order valence-electron chi connectivity index (χ1n) is 41.4. The minimum atomic E-state index is -3.34. The number of phenolic OH excluding ortho intramolecular Hbond substituents is 4. The molecular formula is C99H52B4F30O16. The highest BCUT2D eigenvalue weighted by atomic mass is 19.2. The van der Waals surface area contributed by atoms with Crippen LogP contribution in [-0.4, -0.2) is 89.9 Å². The molecule has 766 valence electrons. The standard InChI is InChI=1S/C27H25BO4.2C24H4BF15O4.C24H19BO4/c1-17-4-10-20(11-5-17)23-16-24(32-28(30)31)27(29)26(22-14-8-19(3)9-15-22)25(23)21-12-6-18(2)7-13-21;26-9-4(10(27)16(33)21(38)15(9)32)2-1-3(44-25(42)43)5(7-11(28)17(34)22(39)18(35)12(7)29)6(24(2)41)8-13(30)19(36)23(40)20(37)14(8)31;26-9-5(10(27)16(33)21(38)15(9)32)2-1-3(44-25(42)43)24(41)6(8-13(30)19(36)23(40)20(37)14(8)31)4(2)7-11(28)17(34)22(39)18(35)12(7)29;26-24-21(29-25(27)28)16-20(17-10-4-1-5-11-17)22(18-12-6-2-7-13-18)23(24)19-14-8-3-9-15-19/h4-16,29-31H,1-3H3;2*1,41-43H;1-16,26-28H. The summed E-state index contributed by atoms with van der Waals surface area (Å²) in [6.07, 6.45) is 0. The zero-order valence-electron chi connectivity index (χ0n) is 74.0. The second-order valence-electron chi connectivity index (χ2n) is 31.2. The largest absolute Gasteiger partial charge is 0.707 e. The third-order valence-corrected chi connectivity index (χ3v) is 22.0. The molecule has 149 heavy (non-hydrogen) atoms. The highest BCUT2D eigenvalue weighted by Crippen LogP contribution is 2.59. The number of halogens is 30. The maximum atomic E-state index is 15.1. The van der Waals surface area contributed by atoms with Crippen molar-refractivity contribution in [3.8, 4) is 180 Å². The van der Waals surface area contributed by atoms with Crippen molar-refractivity contribution in [3.05, 3.63) is 379 Å². The van der Waals surface area contributed by atoms with Crippen molar-refractivity contribution in [3.63, 3.8) is 0 Å². The SMILES string of the molecule is Cc1ccc(-c2cc(OB(O)O)c(O)c(-c3ccc(C)cc3)c2-c2ccc(C)cc2)cc1.OB(O)Oc1cc(-c2c(F)c(F)c(F)c(F)c2F)c(-c2c(F)c(F)c(F)c(F)c2F)c(-c2c(F)c(F)c(F)c(F)c2F)c1O.OB(O)Oc1cc(-c2c(F)c(F)c(F)c(F)c2F)c(O)c(-c2c(F)c(F)c(F)c(F)c2F)c1-c1c(F)c(F)c(F)c(F)c1F.OB(O)Oc1cc(-c2ccccc2)c(-c2ccccc2)c(-c2ccccc2)c1O. The molecule has 12 N–H and O–H groups in total. The lowest BCUT2D eigenvalue weighted by Crippen LogP contribution is -2.21. The molecule has 0 saturated heterocycles. The first kappa shape index (κ1) is 110. The Balaban J connectivity index is 0.000000168. The number of hydrogen-bond donors (Lipinski definition) is 12. The van der Waals surface area contributed by atoms with Crippen LogP contribution in [0.25, 0.3) is 134 Å². The highest BCUT2D eigenvalue weighted by molar-refractivity contribution is 6.35. The molecule has 0 amide bonds. The van der Waals surface area contributed by atoms with Gasteiger partial charge in [0.15, 0.2) is 157 Å². The third kappa shape index (κ3) is 20.9. The molecule has 0 bridgehead atoms. The van der Waals surface area contributed by atoms with Crippen LogP contribution in [0, 0.1) is 195 Å². The second kappa shape index (κ2) is 44.2. The van der Waals surface area contributed by atoms with Crippen LogP contribution < -0.4 is 18.6 Å². The van der Waals surface area contributed by atoms with Crippen LogP contribution in [0.2, 0.25) is 0 Å². The fourth-order valence-electron chi connectivity index (χ4n) is 15.4. The summed E-state index contributed by atoms with van der Waals surface area (Å²) in [5, 5.41) is 118. The summed E-state index contributed by atoms with van der Waals surface area (Å²) in [6.45, 7) is 6.06. The topological polar surface area (TPSA) is 280 Å². The van der Waals surface area contributed by atoms with Gasteiger partial charge in [-0.3, -0.25) is 0 Å². The van der Waals surface area contributed by atoms with E-state index in [1.165, 1.54) is 0 Å². The molecule has 0 unspecified atom stereocenters. The van der Waals surface area contributed by atoms with E-state index < -0.39 is 294 Å². The van der Waals surface area contributed by atoms with Gasteiger partial charge >= 0.3 is 29.3 Å². The van der Waals surface area contributed by atoms with Crippen molar-refractivity contribution in [1.82, 2.24) is 0 Å². The van der Waals surface area contributed by atoms with E-state index in [1.54, 1.807) is 12.1 Å². The van der Waals surface area contributed by atoms with E-state index in [0.717, 1.165) is 72.3 Å². The predicted molar refractivity (Wildman–Crippen MR) is 474 cm³/mol. The monoisotopic (exact) mass is 2110 g/mol. The zero-order chi connectivity index (χ0) is 110. The van der Waals surface area contributed by atoms with E-state index in [0.29, 0.717) is 11.1 Å². The van der Waals surface area contributed by atoms with Crippen LogP contribution in [0.3, 0.4) is 0 Å². The summed E-state index contributed by atoms with van der Waals surface area (Å²) in [7, 11) is -10.6. The van der Waals surface area contributed by atoms with Gasteiger partial charge in [-0.1, -0.05) is 180 Å². The smallest absolute Gasteiger partial charge is 0.511 e. The van der Waals surface area contributed by atoms with Crippen LogP contribution >= 0.6 is 0 Å². The maximum Gasteiger partial charge on any atom is 0.707 e. The van der Waals surface area contributed by atoms with Gasteiger partial charge in [0, 0.05) is 55.6 Å². The quantitative estimate of drug-likeness (QED) is 0.0146. The summed E-state index contributed by atoms with van der Waals surface area (Å²) in [6, 6.07) is 55.7. The summed E-state index contributed by atoms with van der Waals surface area (Å²) < 4.78 is 450. The van der Waals surface area contributed by atoms with E-state index >= 15 is 8.78 Å².